The van der Waals surface area contributed by atoms with Gasteiger partial charge in [-0.1, -0.05) is 24.3 Å². The minimum absolute atomic E-state index is 0.199. The molecule has 0 atom stereocenters. The average Bonchev–Trinajstić information content (AvgIpc) is 3.19. The molecule has 0 spiro atoms. The molecule has 0 saturated carbocycles. The van der Waals surface area contributed by atoms with E-state index in [9.17, 15) is 4.79 Å². The second kappa shape index (κ2) is 6.49. The molecule has 0 amide bonds. The fourth-order valence-corrected chi connectivity index (χ4v) is 2.71. The summed E-state index contributed by atoms with van der Waals surface area (Å²) in [6, 6.07) is 21.9. The van der Waals surface area contributed by atoms with Crippen molar-refractivity contribution in [3.8, 4) is 28.8 Å². The van der Waals surface area contributed by atoms with Crippen molar-refractivity contribution >= 4 is 0 Å². The monoisotopic (exact) mass is 339 g/mol. The van der Waals surface area contributed by atoms with Crippen LogP contribution in [0.4, 0.5) is 0 Å². The Bertz CT molecular complexity index is 1170. The van der Waals surface area contributed by atoms with Crippen molar-refractivity contribution in [3.63, 3.8) is 0 Å². The fourth-order valence-electron chi connectivity index (χ4n) is 2.71. The first-order chi connectivity index (χ1) is 12.8. The van der Waals surface area contributed by atoms with Gasteiger partial charge in [0.05, 0.1) is 34.9 Å². The van der Waals surface area contributed by atoms with Gasteiger partial charge in [-0.2, -0.15) is 15.5 Å². The predicted molar refractivity (Wildman–Crippen MR) is 97.1 cm³/mol. The van der Waals surface area contributed by atoms with E-state index in [-0.39, 0.29) is 11.1 Å². The summed E-state index contributed by atoms with van der Waals surface area (Å²) in [5, 5.41) is 17.9. The van der Waals surface area contributed by atoms with E-state index in [0.717, 1.165) is 5.69 Å². The standard InChI is InChI=1S/C20H13N5O/c21-14-15-5-4-8-17(13-15)25-18(9-11-22-25)20-19(26)10-12-24(23-20)16-6-2-1-3-7-16/h1-13H. The highest BCUT2D eigenvalue weighted by molar-refractivity contribution is 5.58. The van der Waals surface area contributed by atoms with Crippen molar-refractivity contribution < 1.29 is 0 Å². The second-order valence-corrected chi connectivity index (χ2v) is 5.60. The summed E-state index contributed by atoms with van der Waals surface area (Å²) in [4.78, 5) is 12.4. The van der Waals surface area contributed by atoms with Crippen LogP contribution in [-0.4, -0.2) is 19.6 Å². The molecule has 2 aromatic heterocycles. The molecule has 26 heavy (non-hydrogen) atoms. The number of benzene rings is 2. The van der Waals surface area contributed by atoms with E-state index in [0.29, 0.717) is 16.9 Å². The number of nitriles is 1. The first kappa shape index (κ1) is 15.5. The van der Waals surface area contributed by atoms with E-state index in [1.54, 1.807) is 46.0 Å². The first-order valence-corrected chi connectivity index (χ1v) is 7.96. The summed E-state index contributed by atoms with van der Waals surface area (Å²) in [6.07, 6.45) is 3.24. The molecule has 4 aromatic rings. The maximum Gasteiger partial charge on any atom is 0.209 e. The molecule has 4 rings (SSSR count). The lowest BCUT2D eigenvalue weighted by molar-refractivity contribution is 0.823. The Kier molecular flexibility index (Phi) is 3.88. The van der Waals surface area contributed by atoms with E-state index in [2.05, 4.69) is 16.3 Å². The smallest absolute Gasteiger partial charge is 0.209 e. The van der Waals surface area contributed by atoms with Gasteiger partial charge in [0, 0.05) is 12.3 Å². The third-order valence-corrected chi connectivity index (χ3v) is 3.93. The van der Waals surface area contributed by atoms with E-state index in [1.807, 2.05) is 36.4 Å². The molecule has 6 nitrogen and oxygen atoms in total. The van der Waals surface area contributed by atoms with Crippen LogP contribution in [0.1, 0.15) is 5.56 Å². The zero-order chi connectivity index (χ0) is 17.9. The van der Waals surface area contributed by atoms with Gasteiger partial charge in [0.25, 0.3) is 0 Å². The summed E-state index contributed by atoms with van der Waals surface area (Å²) in [6.45, 7) is 0. The maximum absolute atomic E-state index is 12.4. The summed E-state index contributed by atoms with van der Waals surface area (Å²) in [5.41, 5.74) is 2.72. The van der Waals surface area contributed by atoms with Crippen LogP contribution in [0.25, 0.3) is 22.8 Å². The molecule has 0 radical (unpaired) electrons. The Balaban J connectivity index is 1.86. The lowest BCUT2D eigenvalue weighted by Gasteiger charge is -2.09. The van der Waals surface area contributed by atoms with Gasteiger partial charge < -0.3 is 0 Å². The van der Waals surface area contributed by atoms with Gasteiger partial charge >= 0.3 is 0 Å². The number of rotatable bonds is 3. The van der Waals surface area contributed by atoms with E-state index < -0.39 is 0 Å². The largest absolute Gasteiger partial charge is 0.287 e. The summed E-state index contributed by atoms with van der Waals surface area (Å²) < 4.78 is 3.26. The molecule has 0 saturated heterocycles. The van der Waals surface area contributed by atoms with Crippen LogP contribution in [0, 0.1) is 11.3 Å². The second-order valence-electron chi connectivity index (χ2n) is 5.60. The van der Waals surface area contributed by atoms with E-state index >= 15 is 0 Å². The molecule has 0 aliphatic carbocycles. The quantitative estimate of drug-likeness (QED) is 0.575. The Labute approximate surface area is 149 Å². The van der Waals surface area contributed by atoms with Gasteiger partial charge in [-0.3, -0.25) is 4.79 Å². The zero-order valence-corrected chi connectivity index (χ0v) is 13.6. The molecule has 0 aliphatic heterocycles. The third kappa shape index (κ3) is 2.78. The average molecular weight is 339 g/mol. The Morgan fingerprint density at radius 3 is 2.54 bits per heavy atom. The molecule has 0 aliphatic rings. The van der Waals surface area contributed by atoms with Gasteiger partial charge in [-0.25, -0.2) is 9.36 Å². The summed E-state index contributed by atoms with van der Waals surface area (Å²) in [7, 11) is 0. The van der Waals surface area contributed by atoms with Crippen LogP contribution < -0.4 is 5.43 Å². The van der Waals surface area contributed by atoms with Crippen molar-refractivity contribution in [3.05, 3.63) is 94.9 Å². The van der Waals surface area contributed by atoms with Crippen LogP contribution in [-0.2, 0) is 0 Å². The lowest BCUT2D eigenvalue weighted by Crippen LogP contribution is -2.14. The van der Waals surface area contributed by atoms with Crippen molar-refractivity contribution in [1.82, 2.24) is 19.6 Å². The molecular formula is C20H13N5O. The highest BCUT2D eigenvalue weighted by Gasteiger charge is 2.13. The van der Waals surface area contributed by atoms with Crippen molar-refractivity contribution in [1.29, 1.82) is 5.26 Å². The van der Waals surface area contributed by atoms with Crippen molar-refractivity contribution in [2.75, 3.05) is 0 Å². The number of hydrogen-bond acceptors (Lipinski definition) is 4. The van der Waals surface area contributed by atoms with Crippen LogP contribution in [0.3, 0.4) is 0 Å². The number of para-hydroxylation sites is 1. The van der Waals surface area contributed by atoms with E-state index in [4.69, 9.17) is 5.26 Å². The lowest BCUT2D eigenvalue weighted by atomic mass is 10.2. The minimum atomic E-state index is -0.199. The maximum atomic E-state index is 12.4. The molecule has 2 aromatic carbocycles. The van der Waals surface area contributed by atoms with Gasteiger partial charge in [-0.05, 0) is 36.4 Å². The summed E-state index contributed by atoms with van der Waals surface area (Å²) in [5.74, 6) is 0. The molecule has 0 unspecified atom stereocenters. The molecule has 0 bridgehead atoms. The van der Waals surface area contributed by atoms with Crippen molar-refractivity contribution in [2.24, 2.45) is 0 Å². The molecule has 0 fully saturated rings. The van der Waals surface area contributed by atoms with Crippen molar-refractivity contribution in [2.45, 2.75) is 0 Å². The van der Waals surface area contributed by atoms with Gasteiger partial charge in [-0.15, -0.1) is 0 Å². The van der Waals surface area contributed by atoms with Crippen LogP contribution in [0.15, 0.2) is 83.9 Å². The SMILES string of the molecule is N#Cc1cccc(-n2nccc2-c2nn(-c3ccccc3)ccc2=O)c1. The number of nitrogens with zero attached hydrogens (tertiary/aromatic N) is 5. The topological polar surface area (TPSA) is 76.5 Å². The molecule has 6 heteroatoms. The van der Waals surface area contributed by atoms with Crippen LogP contribution >= 0.6 is 0 Å². The van der Waals surface area contributed by atoms with Gasteiger partial charge in [0.15, 0.2) is 5.69 Å². The highest BCUT2D eigenvalue weighted by Crippen LogP contribution is 2.19. The van der Waals surface area contributed by atoms with Crippen LogP contribution in [0.2, 0.25) is 0 Å². The summed E-state index contributed by atoms with van der Waals surface area (Å²) >= 11 is 0. The van der Waals surface area contributed by atoms with Gasteiger partial charge in [0.1, 0.15) is 0 Å². The number of aromatic nitrogens is 4. The van der Waals surface area contributed by atoms with Gasteiger partial charge in [0.2, 0.25) is 5.43 Å². The normalized spacial score (nSPS) is 10.4. The predicted octanol–water partition coefficient (Wildman–Crippen LogP) is 2.96. The Morgan fingerprint density at radius 2 is 1.73 bits per heavy atom. The molecule has 2 heterocycles. The van der Waals surface area contributed by atoms with E-state index in [1.165, 1.54) is 6.07 Å². The minimum Gasteiger partial charge on any atom is -0.287 e. The molecular weight excluding hydrogens is 326 g/mol. The molecule has 124 valence electrons. The van der Waals surface area contributed by atoms with Crippen LogP contribution in [0.5, 0.6) is 0 Å². The third-order valence-electron chi connectivity index (χ3n) is 3.93. The Hall–Kier alpha value is -3.98. The fraction of sp³-hybridized carbons (Fsp3) is 0. The zero-order valence-electron chi connectivity index (χ0n) is 13.6. The highest BCUT2D eigenvalue weighted by atomic mass is 16.1. The first-order valence-electron chi connectivity index (χ1n) is 7.96. The molecule has 0 N–H and O–H groups in total. The number of hydrogen-bond donors (Lipinski definition) is 0. The Morgan fingerprint density at radius 1 is 0.923 bits per heavy atom.